The van der Waals surface area contributed by atoms with Crippen LogP contribution in [0, 0.1) is 22.7 Å². The molecule has 0 unspecified atom stereocenters. The van der Waals surface area contributed by atoms with E-state index < -0.39 is 0 Å². The summed E-state index contributed by atoms with van der Waals surface area (Å²) in [4.78, 5) is 0. The minimum atomic E-state index is 0.495. The Hall–Kier alpha value is -9.42. The van der Waals surface area contributed by atoms with Crippen molar-refractivity contribution < 1.29 is 0 Å². The van der Waals surface area contributed by atoms with Gasteiger partial charge in [-0.1, -0.05) is 140 Å². The van der Waals surface area contributed by atoms with Gasteiger partial charge in [-0.05, 0) is 113 Å². The summed E-state index contributed by atoms with van der Waals surface area (Å²) in [7, 11) is 0. The van der Waals surface area contributed by atoms with E-state index in [9.17, 15) is 10.5 Å². The number of hydrogen-bond donors (Lipinski definition) is 0. The van der Waals surface area contributed by atoms with Gasteiger partial charge in [-0.3, -0.25) is 0 Å². The number of benzene rings is 10. The van der Waals surface area contributed by atoms with Gasteiger partial charge in [-0.25, -0.2) is 0 Å². The lowest BCUT2D eigenvalue weighted by Gasteiger charge is -2.21. The second kappa shape index (κ2) is 15.1. The molecule has 0 aliphatic heterocycles. The van der Waals surface area contributed by atoms with Crippen LogP contribution in [0.25, 0.3) is 116 Å². The fourth-order valence-electron chi connectivity index (χ4n) is 10.7. The zero-order chi connectivity index (χ0) is 44.6. The van der Waals surface area contributed by atoms with E-state index in [-0.39, 0.29) is 0 Å². The average Bonchev–Trinajstić information content (AvgIpc) is 4.04. The summed E-state index contributed by atoms with van der Waals surface area (Å²) in [5.74, 6) is 0. The number of nitrogens with zero attached hydrogens (tertiary/aromatic N) is 5. The van der Waals surface area contributed by atoms with Crippen LogP contribution < -0.4 is 0 Å². The average molecular weight is 852 g/mol. The fraction of sp³-hybridized carbons (Fsp3) is 0. The lowest BCUT2D eigenvalue weighted by Crippen LogP contribution is -2.00. The smallest absolute Gasteiger partial charge is 0.0998 e. The zero-order valence-electron chi connectivity index (χ0n) is 36.1. The molecular formula is C62H37N5. The lowest BCUT2D eigenvalue weighted by atomic mass is 9.84. The Labute approximate surface area is 386 Å². The first-order valence-corrected chi connectivity index (χ1v) is 22.5. The first-order chi connectivity index (χ1) is 33.2. The monoisotopic (exact) mass is 851 g/mol. The SMILES string of the molecule is N#Cc1ccc(C#N)c(-c2c(-c3ccccc3)cc(-n3c4ccc(-n5c6ccccc6c6ccccc65)cc4c4ccc5c(c6ccccc6n5-c5ccccc5)c43)cc2-c2ccccc2)c1. The number of rotatable bonds is 6. The van der Waals surface area contributed by atoms with E-state index in [2.05, 4.69) is 220 Å². The van der Waals surface area contributed by atoms with Crippen LogP contribution in [0.15, 0.2) is 224 Å². The molecule has 5 nitrogen and oxygen atoms in total. The van der Waals surface area contributed by atoms with Gasteiger partial charge in [0, 0.05) is 54.9 Å². The van der Waals surface area contributed by atoms with Gasteiger partial charge in [0.15, 0.2) is 0 Å². The quantitative estimate of drug-likeness (QED) is 0.167. The summed E-state index contributed by atoms with van der Waals surface area (Å²) in [5.41, 5.74) is 16.4. The third-order valence-electron chi connectivity index (χ3n) is 13.5. The molecule has 3 aromatic heterocycles. The van der Waals surface area contributed by atoms with Crippen molar-refractivity contribution in [3.63, 3.8) is 0 Å². The molecule has 310 valence electrons. The second-order valence-corrected chi connectivity index (χ2v) is 17.1. The summed E-state index contributed by atoms with van der Waals surface area (Å²) >= 11 is 0. The van der Waals surface area contributed by atoms with Crippen molar-refractivity contribution in [1.82, 2.24) is 13.7 Å². The Morgan fingerprint density at radius 1 is 0.313 bits per heavy atom. The van der Waals surface area contributed by atoms with Gasteiger partial charge in [-0.15, -0.1) is 0 Å². The molecule has 13 aromatic rings. The van der Waals surface area contributed by atoms with E-state index in [1.807, 2.05) is 18.2 Å². The highest BCUT2D eigenvalue weighted by Crippen LogP contribution is 2.47. The Morgan fingerprint density at radius 2 is 0.836 bits per heavy atom. The largest absolute Gasteiger partial charge is 0.309 e. The maximum absolute atomic E-state index is 10.6. The Morgan fingerprint density at radius 3 is 1.45 bits per heavy atom. The predicted octanol–water partition coefficient (Wildman–Crippen LogP) is 15.7. The van der Waals surface area contributed by atoms with Gasteiger partial charge in [0.05, 0.1) is 56.4 Å². The minimum Gasteiger partial charge on any atom is -0.309 e. The molecule has 5 heteroatoms. The number of para-hydroxylation sites is 4. The van der Waals surface area contributed by atoms with Crippen molar-refractivity contribution in [2.75, 3.05) is 0 Å². The second-order valence-electron chi connectivity index (χ2n) is 17.1. The van der Waals surface area contributed by atoms with Crippen LogP contribution in [0.3, 0.4) is 0 Å². The summed E-state index contributed by atoms with van der Waals surface area (Å²) in [5, 5.41) is 27.9. The normalized spacial score (nSPS) is 11.6. The van der Waals surface area contributed by atoms with E-state index in [1.165, 1.54) is 10.8 Å². The van der Waals surface area contributed by atoms with Gasteiger partial charge in [-0.2, -0.15) is 10.5 Å². The van der Waals surface area contributed by atoms with E-state index in [4.69, 9.17) is 0 Å². The van der Waals surface area contributed by atoms with Crippen molar-refractivity contribution in [3.05, 3.63) is 236 Å². The molecule has 0 atom stereocenters. The molecule has 0 saturated heterocycles. The Balaban J connectivity index is 1.21. The van der Waals surface area contributed by atoms with Crippen LogP contribution in [-0.2, 0) is 0 Å². The molecule has 67 heavy (non-hydrogen) atoms. The molecule has 0 saturated carbocycles. The van der Waals surface area contributed by atoms with E-state index in [0.29, 0.717) is 11.1 Å². The van der Waals surface area contributed by atoms with Crippen LogP contribution in [0.5, 0.6) is 0 Å². The maximum atomic E-state index is 10.6. The molecular weight excluding hydrogens is 815 g/mol. The minimum absolute atomic E-state index is 0.495. The molecule has 10 aromatic carbocycles. The highest BCUT2D eigenvalue weighted by Gasteiger charge is 2.25. The molecule has 0 aliphatic carbocycles. The van der Waals surface area contributed by atoms with Crippen LogP contribution in [-0.4, -0.2) is 13.7 Å². The number of fused-ring (bicyclic) bond motifs is 10. The maximum Gasteiger partial charge on any atom is 0.0998 e. The van der Waals surface area contributed by atoms with Crippen LogP contribution in [0.2, 0.25) is 0 Å². The van der Waals surface area contributed by atoms with E-state index in [1.54, 1.807) is 12.1 Å². The number of hydrogen-bond acceptors (Lipinski definition) is 2. The van der Waals surface area contributed by atoms with Crippen molar-refractivity contribution in [2.45, 2.75) is 0 Å². The number of aromatic nitrogens is 3. The third-order valence-corrected chi connectivity index (χ3v) is 13.5. The van der Waals surface area contributed by atoms with E-state index >= 15 is 0 Å². The highest BCUT2D eigenvalue weighted by atomic mass is 15.0. The molecule has 0 N–H and O–H groups in total. The first-order valence-electron chi connectivity index (χ1n) is 22.5. The van der Waals surface area contributed by atoms with Crippen molar-refractivity contribution >= 4 is 65.4 Å². The third kappa shape index (κ3) is 5.79. The molecule has 0 radical (unpaired) electrons. The van der Waals surface area contributed by atoms with Gasteiger partial charge < -0.3 is 13.7 Å². The van der Waals surface area contributed by atoms with Gasteiger partial charge >= 0.3 is 0 Å². The van der Waals surface area contributed by atoms with Gasteiger partial charge in [0.2, 0.25) is 0 Å². The standard InChI is InChI=1S/C62H37N5/c63-38-40-28-29-43(39-64)51(34-40)60-52(41-16-4-1-5-17-41)36-46(37-53(60)42-18-6-2-7-19-42)67-58-32-30-45(66-55-25-13-10-22-47(55)48-23-11-14-26-56(48)66)35-54(58)49-31-33-59-61(62(49)67)50-24-12-15-27-57(50)65(59)44-20-8-3-9-21-44/h1-37H. The topological polar surface area (TPSA) is 62.4 Å². The van der Waals surface area contributed by atoms with Gasteiger partial charge in [0.1, 0.15) is 0 Å². The number of nitriles is 2. The summed E-state index contributed by atoms with van der Waals surface area (Å²) in [6.45, 7) is 0. The lowest BCUT2D eigenvalue weighted by molar-refractivity contribution is 1.17. The van der Waals surface area contributed by atoms with Crippen molar-refractivity contribution in [1.29, 1.82) is 10.5 Å². The molecule has 3 heterocycles. The Bertz CT molecular complexity index is 4100. The Kier molecular flexibility index (Phi) is 8.58. The molecule has 0 spiro atoms. The summed E-state index contributed by atoms with van der Waals surface area (Å²) in [6, 6.07) is 83.8. The highest BCUT2D eigenvalue weighted by molar-refractivity contribution is 6.26. The molecule has 13 rings (SSSR count). The van der Waals surface area contributed by atoms with Gasteiger partial charge in [0.25, 0.3) is 0 Å². The summed E-state index contributed by atoms with van der Waals surface area (Å²) in [6.07, 6.45) is 0. The van der Waals surface area contributed by atoms with Crippen LogP contribution in [0.4, 0.5) is 0 Å². The van der Waals surface area contributed by atoms with Crippen LogP contribution in [0.1, 0.15) is 11.1 Å². The van der Waals surface area contributed by atoms with Crippen molar-refractivity contribution in [2.24, 2.45) is 0 Å². The first kappa shape index (κ1) is 38.1. The fourth-order valence-corrected chi connectivity index (χ4v) is 10.7. The molecule has 0 fully saturated rings. The zero-order valence-corrected chi connectivity index (χ0v) is 36.1. The molecule has 0 amide bonds. The molecule has 0 bridgehead atoms. The predicted molar refractivity (Wildman–Crippen MR) is 275 cm³/mol. The summed E-state index contributed by atoms with van der Waals surface area (Å²) < 4.78 is 7.24. The van der Waals surface area contributed by atoms with E-state index in [0.717, 1.165) is 105 Å². The molecule has 0 aliphatic rings. The van der Waals surface area contributed by atoms with Crippen LogP contribution >= 0.6 is 0 Å². The van der Waals surface area contributed by atoms with Crippen molar-refractivity contribution in [3.8, 4) is 62.6 Å².